The Morgan fingerprint density at radius 1 is 1.36 bits per heavy atom. The lowest BCUT2D eigenvalue weighted by atomic mass is 10.0. The number of rotatable bonds is 4. The van der Waals surface area contributed by atoms with Gasteiger partial charge in [0.15, 0.2) is 0 Å². The highest BCUT2D eigenvalue weighted by Gasteiger charge is 2.11. The molecule has 0 bridgehead atoms. The third kappa shape index (κ3) is 2.88. The summed E-state index contributed by atoms with van der Waals surface area (Å²) in [5.74, 6) is 0. The van der Waals surface area contributed by atoms with Gasteiger partial charge in [-0.1, -0.05) is 55.1 Å². The molecule has 0 radical (unpaired) electrons. The van der Waals surface area contributed by atoms with Crippen LogP contribution in [0.25, 0.3) is 0 Å². The maximum Gasteiger partial charge on any atom is 0.0639 e. The molecule has 78 valence electrons. The van der Waals surface area contributed by atoms with Gasteiger partial charge in [0.2, 0.25) is 0 Å². The minimum Gasteiger partial charge on any atom is -0.324 e. The lowest BCUT2D eigenvalue weighted by Gasteiger charge is -2.13. The summed E-state index contributed by atoms with van der Waals surface area (Å²) in [6, 6.07) is 5.60. The molecule has 14 heavy (non-hydrogen) atoms. The van der Waals surface area contributed by atoms with E-state index in [0.29, 0.717) is 10.0 Å². The number of hydrogen-bond acceptors (Lipinski definition) is 1. The number of hydrogen-bond donors (Lipinski definition) is 1. The lowest BCUT2D eigenvalue weighted by Crippen LogP contribution is -2.10. The zero-order chi connectivity index (χ0) is 10.6. The van der Waals surface area contributed by atoms with E-state index in [4.69, 9.17) is 28.9 Å². The van der Waals surface area contributed by atoms with Gasteiger partial charge in [-0.15, -0.1) is 0 Å². The summed E-state index contributed by atoms with van der Waals surface area (Å²) >= 11 is 12.0. The predicted molar refractivity (Wildman–Crippen MR) is 62.9 cm³/mol. The molecule has 1 rings (SSSR count). The Morgan fingerprint density at radius 2 is 2.07 bits per heavy atom. The van der Waals surface area contributed by atoms with Crippen molar-refractivity contribution in [3.8, 4) is 0 Å². The number of unbranched alkanes of at least 4 members (excludes halogenated alkanes) is 1. The van der Waals surface area contributed by atoms with Crippen LogP contribution in [0.1, 0.15) is 37.8 Å². The zero-order valence-electron chi connectivity index (χ0n) is 8.26. The first-order chi connectivity index (χ1) is 6.66. The smallest absolute Gasteiger partial charge is 0.0639 e. The van der Waals surface area contributed by atoms with Crippen LogP contribution in [-0.4, -0.2) is 0 Å². The largest absolute Gasteiger partial charge is 0.324 e. The summed E-state index contributed by atoms with van der Waals surface area (Å²) in [6.07, 6.45) is 3.21. The van der Waals surface area contributed by atoms with Crippen LogP contribution >= 0.6 is 23.2 Å². The third-order valence-electron chi connectivity index (χ3n) is 2.25. The Kier molecular flexibility index (Phi) is 4.73. The van der Waals surface area contributed by atoms with Gasteiger partial charge in [-0.25, -0.2) is 0 Å². The highest BCUT2D eigenvalue weighted by Crippen LogP contribution is 2.30. The molecule has 0 aliphatic rings. The van der Waals surface area contributed by atoms with E-state index < -0.39 is 0 Å². The standard InChI is InChI=1S/C11H15Cl2N/c1-2-3-7-10(14)8-5-4-6-9(12)11(8)13/h4-6,10H,2-3,7,14H2,1H3/t10-/m1/s1. The van der Waals surface area contributed by atoms with Crippen LogP contribution in [0.3, 0.4) is 0 Å². The molecule has 0 heterocycles. The van der Waals surface area contributed by atoms with Gasteiger partial charge in [0.05, 0.1) is 10.0 Å². The van der Waals surface area contributed by atoms with E-state index in [1.165, 1.54) is 0 Å². The molecular weight excluding hydrogens is 217 g/mol. The van der Waals surface area contributed by atoms with Gasteiger partial charge in [0, 0.05) is 6.04 Å². The summed E-state index contributed by atoms with van der Waals surface area (Å²) in [5.41, 5.74) is 6.96. The summed E-state index contributed by atoms with van der Waals surface area (Å²) < 4.78 is 0. The molecule has 0 aliphatic heterocycles. The molecule has 2 N–H and O–H groups in total. The van der Waals surface area contributed by atoms with E-state index in [1.807, 2.05) is 12.1 Å². The van der Waals surface area contributed by atoms with E-state index in [9.17, 15) is 0 Å². The fourth-order valence-corrected chi connectivity index (χ4v) is 1.83. The monoisotopic (exact) mass is 231 g/mol. The second-order valence-corrected chi connectivity index (χ2v) is 4.18. The molecule has 1 aromatic rings. The van der Waals surface area contributed by atoms with Crippen LogP contribution < -0.4 is 5.73 Å². The number of halogens is 2. The molecule has 1 aromatic carbocycles. The average Bonchev–Trinajstić information content (AvgIpc) is 2.18. The Labute approximate surface area is 95.2 Å². The van der Waals surface area contributed by atoms with Crippen molar-refractivity contribution in [2.45, 2.75) is 32.2 Å². The van der Waals surface area contributed by atoms with Crippen LogP contribution in [0.2, 0.25) is 10.0 Å². The molecule has 0 saturated heterocycles. The van der Waals surface area contributed by atoms with Gasteiger partial charge in [-0.2, -0.15) is 0 Å². The molecule has 1 atom stereocenters. The van der Waals surface area contributed by atoms with Crippen LogP contribution in [0, 0.1) is 0 Å². The van der Waals surface area contributed by atoms with Gasteiger partial charge in [0.25, 0.3) is 0 Å². The van der Waals surface area contributed by atoms with Crippen molar-refractivity contribution in [2.75, 3.05) is 0 Å². The minimum atomic E-state index is 0.00106. The minimum absolute atomic E-state index is 0.00106. The highest BCUT2D eigenvalue weighted by atomic mass is 35.5. The molecule has 0 aromatic heterocycles. The number of nitrogens with two attached hydrogens (primary N) is 1. The normalized spacial score (nSPS) is 12.9. The van der Waals surface area contributed by atoms with E-state index in [2.05, 4.69) is 6.92 Å². The Morgan fingerprint density at radius 3 is 2.71 bits per heavy atom. The molecule has 1 nitrogen and oxygen atoms in total. The number of benzene rings is 1. The Hall–Kier alpha value is -0.240. The van der Waals surface area contributed by atoms with E-state index >= 15 is 0 Å². The van der Waals surface area contributed by atoms with Crippen molar-refractivity contribution in [2.24, 2.45) is 5.73 Å². The van der Waals surface area contributed by atoms with Crippen molar-refractivity contribution in [3.05, 3.63) is 33.8 Å². The maximum atomic E-state index is 6.06. The average molecular weight is 232 g/mol. The summed E-state index contributed by atoms with van der Waals surface area (Å²) in [6.45, 7) is 2.15. The van der Waals surface area contributed by atoms with Gasteiger partial charge in [0.1, 0.15) is 0 Å². The maximum absolute atomic E-state index is 6.06. The predicted octanol–water partition coefficient (Wildman–Crippen LogP) is 4.18. The fraction of sp³-hybridized carbons (Fsp3) is 0.455. The summed E-state index contributed by atoms with van der Waals surface area (Å²) in [5, 5.41) is 1.17. The zero-order valence-corrected chi connectivity index (χ0v) is 9.78. The lowest BCUT2D eigenvalue weighted by molar-refractivity contribution is 0.603. The van der Waals surface area contributed by atoms with Gasteiger partial charge in [-0.05, 0) is 18.1 Å². The topological polar surface area (TPSA) is 26.0 Å². The molecule has 0 amide bonds. The van der Waals surface area contributed by atoms with Crippen LogP contribution in [-0.2, 0) is 0 Å². The molecular formula is C11H15Cl2N. The quantitative estimate of drug-likeness (QED) is 0.827. The first kappa shape index (κ1) is 11.8. The fourth-order valence-electron chi connectivity index (χ4n) is 1.39. The summed E-state index contributed by atoms with van der Waals surface area (Å²) in [4.78, 5) is 0. The molecule has 3 heteroatoms. The van der Waals surface area contributed by atoms with Crippen molar-refractivity contribution >= 4 is 23.2 Å². The van der Waals surface area contributed by atoms with E-state index in [-0.39, 0.29) is 6.04 Å². The SMILES string of the molecule is CCCC[C@@H](N)c1cccc(Cl)c1Cl. The van der Waals surface area contributed by atoms with Crippen molar-refractivity contribution < 1.29 is 0 Å². The van der Waals surface area contributed by atoms with Crippen LogP contribution in [0.5, 0.6) is 0 Å². The van der Waals surface area contributed by atoms with Crippen molar-refractivity contribution in [3.63, 3.8) is 0 Å². The molecule has 0 unspecified atom stereocenters. The van der Waals surface area contributed by atoms with E-state index in [1.54, 1.807) is 6.07 Å². The second-order valence-electron chi connectivity index (χ2n) is 3.39. The molecule has 0 fully saturated rings. The highest BCUT2D eigenvalue weighted by molar-refractivity contribution is 6.42. The van der Waals surface area contributed by atoms with Crippen LogP contribution in [0.15, 0.2) is 18.2 Å². The van der Waals surface area contributed by atoms with Crippen molar-refractivity contribution in [1.29, 1.82) is 0 Å². The molecule has 0 saturated carbocycles. The molecule has 0 aliphatic carbocycles. The third-order valence-corrected chi connectivity index (χ3v) is 3.08. The molecule has 0 spiro atoms. The van der Waals surface area contributed by atoms with Crippen LogP contribution in [0.4, 0.5) is 0 Å². The Bertz CT molecular complexity index is 299. The first-order valence-corrected chi connectivity index (χ1v) is 5.62. The van der Waals surface area contributed by atoms with E-state index in [0.717, 1.165) is 24.8 Å². The Balaban J connectivity index is 2.79. The van der Waals surface area contributed by atoms with Gasteiger partial charge >= 0.3 is 0 Å². The van der Waals surface area contributed by atoms with Gasteiger partial charge < -0.3 is 5.73 Å². The second kappa shape index (κ2) is 5.59. The summed E-state index contributed by atoms with van der Waals surface area (Å²) in [7, 11) is 0. The van der Waals surface area contributed by atoms with Crippen molar-refractivity contribution in [1.82, 2.24) is 0 Å². The first-order valence-electron chi connectivity index (χ1n) is 4.86. The van der Waals surface area contributed by atoms with Gasteiger partial charge in [-0.3, -0.25) is 0 Å².